The highest BCUT2D eigenvalue weighted by Gasteiger charge is 2.39. The van der Waals surface area contributed by atoms with E-state index in [4.69, 9.17) is 17.3 Å². The average molecular weight is 483 g/mol. The van der Waals surface area contributed by atoms with Gasteiger partial charge in [0.1, 0.15) is 6.04 Å². The van der Waals surface area contributed by atoms with Crippen molar-refractivity contribution in [3.63, 3.8) is 0 Å². The monoisotopic (exact) mass is 482 g/mol. The van der Waals surface area contributed by atoms with Crippen LogP contribution in [-0.4, -0.2) is 17.9 Å². The van der Waals surface area contributed by atoms with Gasteiger partial charge in [0.2, 0.25) is 11.8 Å². The number of nitrogens with two attached hydrogens (primary N) is 1. The van der Waals surface area contributed by atoms with Crippen LogP contribution < -0.4 is 11.1 Å². The van der Waals surface area contributed by atoms with Crippen LogP contribution in [0, 0.1) is 0 Å². The lowest BCUT2D eigenvalue weighted by Crippen LogP contribution is -2.48. The Bertz CT molecular complexity index is 1180. The molecule has 0 saturated carbocycles. The van der Waals surface area contributed by atoms with Crippen LogP contribution in [0.5, 0.6) is 0 Å². The van der Waals surface area contributed by atoms with Crippen molar-refractivity contribution in [2.24, 2.45) is 5.73 Å². The molecule has 4 nitrogen and oxygen atoms in total. The van der Waals surface area contributed by atoms with E-state index in [0.29, 0.717) is 5.02 Å². The van der Waals surface area contributed by atoms with Crippen molar-refractivity contribution in [3.05, 3.63) is 143 Å². The summed E-state index contributed by atoms with van der Waals surface area (Å²) in [5, 5.41) is 3.41. The SMILES string of the molecule is NC(=O)[C@@H](Cc1ccccc1Cl)NC(=O)CC(c1ccccc1)(c1ccccc1)c1ccccc1. The summed E-state index contributed by atoms with van der Waals surface area (Å²) in [6.45, 7) is 0. The fourth-order valence-electron chi connectivity index (χ4n) is 4.57. The van der Waals surface area contributed by atoms with Gasteiger partial charge in [-0.25, -0.2) is 0 Å². The Morgan fingerprint density at radius 1 is 0.714 bits per heavy atom. The summed E-state index contributed by atoms with van der Waals surface area (Å²) < 4.78 is 0. The Labute approximate surface area is 210 Å². The van der Waals surface area contributed by atoms with Crippen molar-refractivity contribution in [1.82, 2.24) is 5.32 Å². The molecule has 0 aromatic heterocycles. The van der Waals surface area contributed by atoms with Crippen molar-refractivity contribution in [1.29, 1.82) is 0 Å². The molecule has 5 heteroatoms. The highest BCUT2D eigenvalue weighted by atomic mass is 35.5. The molecule has 0 aliphatic heterocycles. The third kappa shape index (κ3) is 5.44. The molecular weight excluding hydrogens is 456 g/mol. The molecule has 4 aromatic rings. The number of nitrogens with one attached hydrogen (secondary N) is 1. The van der Waals surface area contributed by atoms with E-state index < -0.39 is 17.4 Å². The van der Waals surface area contributed by atoms with Crippen molar-refractivity contribution in [3.8, 4) is 0 Å². The van der Waals surface area contributed by atoms with E-state index in [2.05, 4.69) is 5.32 Å². The van der Waals surface area contributed by atoms with Gasteiger partial charge in [0.05, 0.1) is 5.41 Å². The van der Waals surface area contributed by atoms with E-state index in [1.54, 1.807) is 6.07 Å². The molecule has 1 atom stereocenters. The predicted molar refractivity (Wildman–Crippen MR) is 140 cm³/mol. The van der Waals surface area contributed by atoms with Crippen LogP contribution in [0.1, 0.15) is 28.7 Å². The molecule has 3 N–H and O–H groups in total. The number of rotatable bonds is 9. The minimum absolute atomic E-state index is 0.0946. The first-order chi connectivity index (χ1) is 17.0. The van der Waals surface area contributed by atoms with Gasteiger partial charge in [-0.05, 0) is 28.3 Å². The lowest BCUT2D eigenvalue weighted by molar-refractivity contribution is -0.127. The fourth-order valence-corrected chi connectivity index (χ4v) is 4.78. The van der Waals surface area contributed by atoms with Gasteiger partial charge >= 0.3 is 0 Å². The zero-order valence-electron chi connectivity index (χ0n) is 19.2. The maximum atomic E-state index is 13.6. The number of carbonyl (C=O) groups is 2. The van der Waals surface area contributed by atoms with Crippen LogP contribution in [0.2, 0.25) is 5.02 Å². The number of primary amides is 1. The van der Waals surface area contributed by atoms with Crippen LogP contribution in [0.15, 0.2) is 115 Å². The summed E-state index contributed by atoms with van der Waals surface area (Å²) in [5.74, 6) is -0.889. The minimum atomic E-state index is -0.887. The first-order valence-electron chi connectivity index (χ1n) is 11.5. The van der Waals surface area contributed by atoms with Crippen LogP contribution in [0.25, 0.3) is 0 Å². The van der Waals surface area contributed by atoms with Crippen molar-refractivity contribution in [2.45, 2.75) is 24.3 Å². The molecule has 0 saturated heterocycles. The number of hydrogen-bond acceptors (Lipinski definition) is 2. The highest BCUT2D eigenvalue weighted by Crippen LogP contribution is 2.42. The topological polar surface area (TPSA) is 72.2 Å². The first kappa shape index (κ1) is 24.2. The van der Waals surface area contributed by atoms with Gasteiger partial charge in [-0.2, -0.15) is 0 Å². The van der Waals surface area contributed by atoms with Crippen LogP contribution in [0.3, 0.4) is 0 Å². The first-order valence-corrected chi connectivity index (χ1v) is 11.9. The molecule has 176 valence electrons. The molecule has 0 aliphatic rings. The van der Waals surface area contributed by atoms with Gasteiger partial charge in [-0.15, -0.1) is 0 Å². The third-order valence-electron chi connectivity index (χ3n) is 6.29. The van der Waals surface area contributed by atoms with Crippen molar-refractivity contribution >= 4 is 23.4 Å². The Balaban J connectivity index is 1.74. The maximum Gasteiger partial charge on any atom is 0.240 e. The number of carbonyl (C=O) groups excluding carboxylic acids is 2. The summed E-state index contributed by atoms with van der Waals surface area (Å²) in [5.41, 5.74) is 8.61. The second kappa shape index (κ2) is 11.0. The Hall–Kier alpha value is -3.89. The molecule has 0 aliphatic carbocycles. The van der Waals surface area contributed by atoms with Gasteiger partial charge in [0, 0.05) is 17.9 Å². The summed E-state index contributed by atoms with van der Waals surface area (Å²) >= 11 is 6.29. The summed E-state index contributed by atoms with van der Waals surface area (Å²) in [7, 11) is 0. The largest absolute Gasteiger partial charge is 0.368 e. The molecule has 0 heterocycles. The molecule has 0 bridgehead atoms. The Morgan fingerprint density at radius 3 is 1.57 bits per heavy atom. The lowest BCUT2D eigenvalue weighted by atomic mass is 9.67. The molecule has 0 spiro atoms. The van der Waals surface area contributed by atoms with Gasteiger partial charge in [0.25, 0.3) is 0 Å². The zero-order valence-corrected chi connectivity index (χ0v) is 20.0. The standard InChI is InChI=1S/C30H27ClN2O2/c31-26-19-11-10-12-22(26)20-27(29(32)35)33-28(34)21-30(23-13-4-1-5-14-23,24-15-6-2-7-16-24)25-17-8-3-9-18-25/h1-19,27H,20-21H2,(H2,32,35)(H,33,34)/t27-/m1/s1. The van der Waals surface area contributed by atoms with Crippen LogP contribution in [-0.2, 0) is 21.4 Å². The van der Waals surface area contributed by atoms with Crippen molar-refractivity contribution < 1.29 is 9.59 Å². The normalized spacial score (nSPS) is 12.0. The number of amides is 2. The highest BCUT2D eigenvalue weighted by molar-refractivity contribution is 6.31. The predicted octanol–water partition coefficient (Wildman–Crippen LogP) is 5.28. The van der Waals surface area contributed by atoms with Gasteiger partial charge in [-0.3, -0.25) is 9.59 Å². The second-order valence-electron chi connectivity index (χ2n) is 8.50. The summed E-state index contributed by atoms with van der Waals surface area (Å²) in [6, 6.07) is 36.2. The molecule has 4 aromatic carbocycles. The minimum Gasteiger partial charge on any atom is -0.368 e. The number of hydrogen-bond donors (Lipinski definition) is 2. The Morgan fingerprint density at radius 2 is 1.14 bits per heavy atom. The van der Waals surface area contributed by atoms with Gasteiger partial charge in [-0.1, -0.05) is 121 Å². The molecule has 0 radical (unpaired) electrons. The Kier molecular flexibility index (Phi) is 7.64. The molecule has 2 amide bonds. The fraction of sp³-hybridized carbons (Fsp3) is 0.133. The summed E-state index contributed by atoms with van der Waals surface area (Å²) in [6.07, 6.45) is 0.313. The van der Waals surface area contributed by atoms with E-state index in [-0.39, 0.29) is 18.7 Å². The molecular formula is C30H27ClN2O2. The van der Waals surface area contributed by atoms with Crippen LogP contribution in [0.4, 0.5) is 0 Å². The quantitative estimate of drug-likeness (QED) is 0.319. The molecule has 4 rings (SSSR count). The molecule has 0 fully saturated rings. The van der Waals surface area contributed by atoms with E-state index in [1.165, 1.54) is 0 Å². The van der Waals surface area contributed by atoms with Crippen LogP contribution >= 0.6 is 11.6 Å². The number of benzene rings is 4. The third-order valence-corrected chi connectivity index (χ3v) is 6.65. The molecule has 35 heavy (non-hydrogen) atoms. The van der Waals surface area contributed by atoms with Gasteiger partial charge < -0.3 is 11.1 Å². The smallest absolute Gasteiger partial charge is 0.240 e. The second-order valence-corrected chi connectivity index (χ2v) is 8.91. The van der Waals surface area contributed by atoms with E-state index in [0.717, 1.165) is 22.3 Å². The average Bonchev–Trinajstić information content (AvgIpc) is 2.89. The molecule has 0 unspecified atom stereocenters. The lowest BCUT2D eigenvalue weighted by Gasteiger charge is -2.36. The van der Waals surface area contributed by atoms with Gasteiger partial charge in [0.15, 0.2) is 0 Å². The van der Waals surface area contributed by atoms with E-state index in [9.17, 15) is 9.59 Å². The van der Waals surface area contributed by atoms with E-state index in [1.807, 2.05) is 109 Å². The maximum absolute atomic E-state index is 13.6. The van der Waals surface area contributed by atoms with Crippen molar-refractivity contribution in [2.75, 3.05) is 0 Å². The zero-order chi connectivity index (χ0) is 24.7. The van der Waals surface area contributed by atoms with E-state index >= 15 is 0 Å². The summed E-state index contributed by atoms with van der Waals surface area (Å²) in [4.78, 5) is 25.9. The number of halogens is 1.